The molecule has 0 unspecified atom stereocenters. The Labute approximate surface area is 103 Å². The van der Waals surface area contributed by atoms with E-state index in [-0.39, 0.29) is 0 Å². The lowest BCUT2D eigenvalue weighted by molar-refractivity contribution is 0.927. The lowest BCUT2D eigenvalue weighted by Gasteiger charge is -2.01. The molecule has 0 atom stereocenters. The molecule has 0 bridgehead atoms. The highest BCUT2D eigenvalue weighted by Gasteiger charge is 2.01. The van der Waals surface area contributed by atoms with E-state index in [9.17, 15) is 0 Å². The number of hydrogen-bond acceptors (Lipinski definition) is 4. The van der Waals surface area contributed by atoms with Crippen LogP contribution in [-0.4, -0.2) is 15.2 Å². The number of pyridine rings is 1. The molecule has 0 saturated carbocycles. The summed E-state index contributed by atoms with van der Waals surface area (Å²) >= 11 is 1.52. The van der Waals surface area contributed by atoms with Crippen LogP contribution in [0.25, 0.3) is 10.9 Å². The molecule has 0 N–H and O–H groups in total. The first kappa shape index (κ1) is 10.2. The maximum absolute atomic E-state index is 4.57. The summed E-state index contributed by atoms with van der Waals surface area (Å²) in [5, 5.41) is 10.8. The van der Waals surface area contributed by atoms with Crippen molar-refractivity contribution < 1.29 is 0 Å². The van der Waals surface area contributed by atoms with Crippen LogP contribution in [0.3, 0.4) is 0 Å². The molecule has 0 aliphatic heterocycles. The molecule has 3 rings (SSSR count). The van der Waals surface area contributed by atoms with Gasteiger partial charge < -0.3 is 0 Å². The van der Waals surface area contributed by atoms with E-state index in [0.717, 1.165) is 21.0 Å². The van der Waals surface area contributed by atoms with E-state index in [1.807, 2.05) is 36.4 Å². The maximum Gasteiger partial charge on any atom is 0.125 e. The zero-order valence-corrected chi connectivity index (χ0v) is 9.76. The van der Waals surface area contributed by atoms with E-state index in [0.29, 0.717) is 0 Å². The summed E-state index contributed by atoms with van der Waals surface area (Å²) < 4.78 is 0. The van der Waals surface area contributed by atoms with E-state index >= 15 is 0 Å². The Balaban J connectivity index is 1.96. The fourth-order valence-electron chi connectivity index (χ4n) is 1.55. The van der Waals surface area contributed by atoms with Crippen LogP contribution in [0.2, 0.25) is 0 Å². The second-order valence-corrected chi connectivity index (χ2v) is 4.55. The molecule has 3 nitrogen and oxygen atoms in total. The van der Waals surface area contributed by atoms with Gasteiger partial charge in [0.15, 0.2) is 0 Å². The molecule has 3 aromatic rings. The highest BCUT2D eigenvalue weighted by atomic mass is 32.2. The first-order valence-corrected chi connectivity index (χ1v) is 6.05. The molecule has 17 heavy (non-hydrogen) atoms. The average molecular weight is 239 g/mol. The fraction of sp³-hybridized carbons (Fsp3) is 0. The molecule has 0 aliphatic carbocycles. The Bertz CT molecular complexity index is 640. The topological polar surface area (TPSA) is 38.7 Å². The molecule has 0 fully saturated rings. The molecule has 2 heterocycles. The first-order chi connectivity index (χ1) is 8.42. The third-order valence-electron chi connectivity index (χ3n) is 2.33. The van der Waals surface area contributed by atoms with Gasteiger partial charge in [-0.2, -0.15) is 5.10 Å². The van der Waals surface area contributed by atoms with Crippen LogP contribution in [0.1, 0.15) is 0 Å². The van der Waals surface area contributed by atoms with E-state index < -0.39 is 0 Å². The largest absolute Gasteiger partial charge is 0.241 e. The summed E-state index contributed by atoms with van der Waals surface area (Å²) in [7, 11) is 0. The molecule has 82 valence electrons. The predicted molar refractivity (Wildman–Crippen MR) is 67.9 cm³/mol. The Morgan fingerprint density at radius 2 is 1.76 bits per heavy atom. The van der Waals surface area contributed by atoms with Gasteiger partial charge in [0.2, 0.25) is 0 Å². The van der Waals surface area contributed by atoms with E-state index in [1.54, 1.807) is 6.20 Å². The van der Waals surface area contributed by atoms with Crippen LogP contribution < -0.4 is 0 Å². The third-order valence-corrected chi connectivity index (χ3v) is 3.19. The Kier molecular flexibility index (Phi) is 2.71. The summed E-state index contributed by atoms with van der Waals surface area (Å²) in [6.45, 7) is 0. The number of para-hydroxylation sites is 1. The van der Waals surface area contributed by atoms with Gasteiger partial charge in [0, 0.05) is 11.6 Å². The van der Waals surface area contributed by atoms with Crippen LogP contribution in [-0.2, 0) is 0 Å². The molecule has 4 heteroatoms. The smallest absolute Gasteiger partial charge is 0.125 e. The summed E-state index contributed by atoms with van der Waals surface area (Å²) in [5.74, 6) is 0. The van der Waals surface area contributed by atoms with Gasteiger partial charge in [-0.15, -0.1) is 5.10 Å². The predicted octanol–water partition coefficient (Wildman–Crippen LogP) is 3.18. The highest BCUT2D eigenvalue weighted by molar-refractivity contribution is 7.99. The second kappa shape index (κ2) is 4.51. The number of nitrogens with zero attached hydrogens (tertiary/aromatic N) is 3. The molecule has 0 radical (unpaired) electrons. The van der Waals surface area contributed by atoms with Crippen molar-refractivity contribution in [2.24, 2.45) is 0 Å². The Morgan fingerprint density at radius 3 is 2.65 bits per heavy atom. The molecule has 1 aromatic carbocycles. The Hall–Kier alpha value is -1.94. The van der Waals surface area contributed by atoms with Gasteiger partial charge in [0.05, 0.1) is 5.52 Å². The van der Waals surface area contributed by atoms with Gasteiger partial charge in [-0.3, -0.25) is 0 Å². The first-order valence-electron chi connectivity index (χ1n) is 5.23. The lowest BCUT2D eigenvalue weighted by atomic mass is 10.2. The lowest BCUT2D eigenvalue weighted by Crippen LogP contribution is -1.85. The standard InChI is InChI=1S/C13H9N3S/c1-2-5-11-10(4-1)7-8-12(15-11)17-13-6-3-9-14-16-13/h1-9H. The number of fused-ring (bicyclic) bond motifs is 1. The SMILES string of the molecule is c1cnnc(Sc2ccc3ccccc3n2)c1. The monoisotopic (exact) mass is 239 g/mol. The number of benzene rings is 1. The normalized spacial score (nSPS) is 10.6. The van der Waals surface area contributed by atoms with Crippen molar-refractivity contribution in [2.45, 2.75) is 10.1 Å². The average Bonchev–Trinajstić information content (AvgIpc) is 2.40. The van der Waals surface area contributed by atoms with Crippen molar-refractivity contribution in [1.29, 1.82) is 0 Å². The number of hydrogen-bond donors (Lipinski definition) is 0. The minimum Gasteiger partial charge on any atom is -0.241 e. The molecular formula is C13H9N3S. The zero-order valence-electron chi connectivity index (χ0n) is 8.95. The van der Waals surface area contributed by atoms with E-state index in [2.05, 4.69) is 27.3 Å². The third kappa shape index (κ3) is 2.26. The minimum absolute atomic E-state index is 0.857. The summed E-state index contributed by atoms with van der Waals surface area (Å²) in [6.07, 6.45) is 1.66. The summed E-state index contributed by atoms with van der Waals surface area (Å²) in [4.78, 5) is 4.57. The van der Waals surface area contributed by atoms with E-state index in [4.69, 9.17) is 0 Å². The van der Waals surface area contributed by atoms with Gasteiger partial charge in [-0.25, -0.2) is 4.98 Å². The van der Waals surface area contributed by atoms with Gasteiger partial charge in [0.25, 0.3) is 0 Å². The molecule has 0 saturated heterocycles. The van der Waals surface area contributed by atoms with Crippen molar-refractivity contribution >= 4 is 22.7 Å². The quantitative estimate of drug-likeness (QED) is 0.688. The van der Waals surface area contributed by atoms with Crippen molar-refractivity contribution in [2.75, 3.05) is 0 Å². The maximum atomic E-state index is 4.57. The number of rotatable bonds is 2. The van der Waals surface area contributed by atoms with Gasteiger partial charge in [-0.05, 0) is 36.0 Å². The molecular weight excluding hydrogens is 230 g/mol. The molecule has 0 spiro atoms. The van der Waals surface area contributed by atoms with Crippen molar-refractivity contribution in [3.63, 3.8) is 0 Å². The van der Waals surface area contributed by atoms with E-state index in [1.165, 1.54) is 11.8 Å². The van der Waals surface area contributed by atoms with Crippen LogP contribution in [0.5, 0.6) is 0 Å². The molecule has 0 aliphatic rings. The Morgan fingerprint density at radius 1 is 0.824 bits per heavy atom. The molecule has 0 amide bonds. The van der Waals surface area contributed by atoms with Gasteiger partial charge in [-0.1, -0.05) is 24.3 Å². The van der Waals surface area contributed by atoms with Gasteiger partial charge >= 0.3 is 0 Å². The second-order valence-electron chi connectivity index (χ2n) is 3.51. The van der Waals surface area contributed by atoms with Gasteiger partial charge in [0.1, 0.15) is 10.1 Å². The summed E-state index contributed by atoms with van der Waals surface area (Å²) in [6, 6.07) is 15.9. The number of aromatic nitrogens is 3. The molecule has 2 aromatic heterocycles. The minimum atomic E-state index is 0.857. The van der Waals surface area contributed by atoms with Crippen molar-refractivity contribution in [3.8, 4) is 0 Å². The van der Waals surface area contributed by atoms with Crippen LogP contribution in [0.15, 0.2) is 64.8 Å². The van der Waals surface area contributed by atoms with Crippen molar-refractivity contribution in [3.05, 3.63) is 54.7 Å². The zero-order chi connectivity index (χ0) is 11.5. The fourth-order valence-corrected chi connectivity index (χ4v) is 2.28. The van der Waals surface area contributed by atoms with Crippen molar-refractivity contribution in [1.82, 2.24) is 15.2 Å². The van der Waals surface area contributed by atoms with Crippen LogP contribution in [0.4, 0.5) is 0 Å². The highest BCUT2D eigenvalue weighted by Crippen LogP contribution is 2.25. The van der Waals surface area contributed by atoms with Crippen LogP contribution >= 0.6 is 11.8 Å². The summed E-state index contributed by atoms with van der Waals surface area (Å²) in [5.41, 5.74) is 1.00. The van der Waals surface area contributed by atoms with Crippen LogP contribution in [0, 0.1) is 0 Å².